The van der Waals surface area contributed by atoms with Gasteiger partial charge in [0.05, 0.1) is 18.5 Å². The number of ether oxygens (including phenoxy) is 1. The zero-order chi connectivity index (χ0) is 14.6. The van der Waals surface area contributed by atoms with Crippen LogP contribution in [0.5, 0.6) is 0 Å². The van der Waals surface area contributed by atoms with E-state index in [2.05, 4.69) is 44.8 Å². The van der Waals surface area contributed by atoms with Crippen LogP contribution in [-0.2, 0) is 4.74 Å². The van der Waals surface area contributed by atoms with E-state index in [-0.39, 0.29) is 0 Å². The molecule has 2 aliphatic rings. The molecule has 3 unspecified atom stereocenters. The normalized spacial score (nSPS) is 32.1. The lowest BCUT2D eigenvalue weighted by atomic mass is 9.68. The van der Waals surface area contributed by atoms with Crippen LogP contribution in [-0.4, -0.2) is 36.3 Å². The van der Waals surface area contributed by atoms with Gasteiger partial charge in [0.25, 0.3) is 0 Å². The summed E-state index contributed by atoms with van der Waals surface area (Å²) in [7, 11) is 0. The Morgan fingerprint density at radius 2 is 1.95 bits per heavy atom. The van der Waals surface area contributed by atoms with Crippen molar-refractivity contribution in [3.8, 4) is 0 Å². The number of hydrogen-bond acceptors (Lipinski definition) is 3. The molecule has 1 saturated carbocycles. The molecule has 1 aliphatic carbocycles. The van der Waals surface area contributed by atoms with Crippen LogP contribution in [0.15, 0.2) is 0 Å². The summed E-state index contributed by atoms with van der Waals surface area (Å²) in [6, 6.07) is 0.726. The fourth-order valence-electron chi connectivity index (χ4n) is 3.38. The van der Waals surface area contributed by atoms with E-state index < -0.39 is 0 Å². The molecular formula is C17H33NOS. The van der Waals surface area contributed by atoms with E-state index in [4.69, 9.17) is 4.74 Å². The predicted octanol–water partition coefficient (Wildman–Crippen LogP) is 4.09. The second-order valence-corrected chi connectivity index (χ2v) is 8.79. The van der Waals surface area contributed by atoms with Gasteiger partial charge in [-0.25, -0.2) is 0 Å². The highest BCUT2D eigenvalue weighted by Gasteiger charge is 2.39. The highest BCUT2D eigenvalue weighted by molar-refractivity contribution is 8.00. The molecule has 0 bridgehead atoms. The van der Waals surface area contributed by atoms with E-state index >= 15 is 0 Å². The molecular weight excluding hydrogens is 266 g/mol. The number of nitrogens with one attached hydrogen (secondary N) is 1. The Balaban J connectivity index is 1.94. The first-order chi connectivity index (χ1) is 9.56. The molecule has 1 aliphatic heterocycles. The summed E-state index contributed by atoms with van der Waals surface area (Å²) in [6.07, 6.45) is 6.70. The van der Waals surface area contributed by atoms with Crippen LogP contribution in [0.4, 0.5) is 0 Å². The molecule has 2 fully saturated rings. The lowest BCUT2D eigenvalue weighted by Gasteiger charge is -2.44. The number of hydrogen-bond donors (Lipinski definition) is 1. The zero-order valence-corrected chi connectivity index (χ0v) is 14.6. The number of thioether (sulfide) groups is 1. The highest BCUT2D eigenvalue weighted by atomic mass is 32.2. The molecule has 1 saturated heterocycles. The summed E-state index contributed by atoms with van der Waals surface area (Å²) in [4.78, 5) is 0. The van der Waals surface area contributed by atoms with Gasteiger partial charge in [0.15, 0.2) is 0 Å². The van der Waals surface area contributed by atoms with Gasteiger partial charge in [0, 0.05) is 11.3 Å². The lowest BCUT2D eigenvalue weighted by molar-refractivity contribution is 0.0447. The van der Waals surface area contributed by atoms with E-state index in [9.17, 15) is 0 Å². The summed E-state index contributed by atoms with van der Waals surface area (Å²) in [5.41, 5.74) is 0.505. The van der Waals surface area contributed by atoms with Gasteiger partial charge in [0.2, 0.25) is 0 Å². The second-order valence-electron chi connectivity index (χ2n) is 7.25. The molecule has 118 valence electrons. The van der Waals surface area contributed by atoms with Crippen LogP contribution in [0.3, 0.4) is 0 Å². The molecule has 2 nitrogen and oxygen atoms in total. The lowest BCUT2D eigenvalue weighted by Crippen LogP contribution is -2.47. The third-order valence-corrected chi connectivity index (χ3v) is 6.97. The fourth-order valence-corrected chi connectivity index (χ4v) is 4.99. The Morgan fingerprint density at radius 1 is 1.20 bits per heavy atom. The van der Waals surface area contributed by atoms with E-state index in [1.165, 1.54) is 38.6 Å². The minimum absolute atomic E-state index is 0.505. The monoisotopic (exact) mass is 299 g/mol. The summed E-state index contributed by atoms with van der Waals surface area (Å²) in [6.45, 7) is 12.7. The van der Waals surface area contributed by atoms with Crippen molar-refractivity contribution in [2.24, 2.45) is 11.3 Å². The standard InChI is InChI=1S/C17H33NOS/c1-5-9-18-15-8-7-13(17(3,4)6-2)10-16(15)20-14-11-19-12-14/h13-16,18H,5-12H2,1-4H3. The van der Waals surface area contributed by atoms with Crippen LogP contribution in [0.25, 0.3) is 0 Å². The zero-order valence-electron chi connectivity index (χ0n) is 13.8. The molecule has 3 heteroatoms. The molecule has 20 heavy (non-hydrogen) atoms. The van der Waals surface area contributed by atoms with Gasteiger partial charge in [-0.1, -0.05) is 34.1 Å². The predicted molar refractivity (Wildman–Crippen MR) is 89.5 cm³/mol. The topological polar surface area (TPSA) is 21.3 Å². The summed E-state index contributed by atoms with van der Waals surface area (Å²) in [5, 5.41) is 5.35. The van der Waals surface area contributed by atoms with E-state index in [1.807, 2.05) is 0 Å². The van der Waals surface area contributed by atoms with Crippen LogP contribution in [0.2, 0.25) is 0 Å². The summed E-state index contributed by atoms with van der Waals surface area (Å²) >= 11 is 2.21. The molecule has 0 spiro atoms. The Kier molecular flexibility index (Phi) is 6.25. The summed E-state index contributed by atoms with van der Waals surface area (Å²) in [5.74, 6) is 0.894. The van der Waals surface area contributed by atoms with Crippen molar-refractivity contribution in [1.82, 2.24) is 5.32 Å². The smallest absolute Gasteiger partial charge is 0.0608 e. The van der Waals surface area contributed by atoms with Crippen molar-refractivity contribution in [2.75, 3.05) is 19.8 Å². The van der Waals surface area contributed by atoms with E-state index in [0.29, 0.717) is 5.41 Å². The minimum Gasteiger partial charge on any atom is -0.379 e. The van der Waals surface area contributed by atoms with E-state index in [1.54, 1.807) is 0 Å². The second kappa shape index (κ2) is 7.51. The Labute approximate surface area is 129 Å². The molecule has 0 radical (unpaired) electrons. The fraction of sp³-hybridized carbons (Fsp3) is 1.00. The van der Waals surface area contributed by atoms with Gasteiger partial charge in [-0.3, -0.25) is 0 Å². The first-order valence-electron chi connectivity index (χ1n) is 8.53. The van der Waals surface area contributed by atoms with Crippen LogP contribution in [0, 0.1) is 11.3 Å². The average Bonchev–Trinajstić information content (AvgIpc) is 2.41. The number of rotatable bonds is 7. The third kappa shape index (κ3) is 4.14. The van der Waals surface area contributed by atoms with Gasteiger partial charge >= 0.3 is 0 Å². The molecule has 2 rings (SSSR count). The molecule has 0 aromatic carbocycles. The van der Waals surface area contributed by atoms with Gasteiger partial charge in [0.1, 0.15) is 0 Å². The minimum atomic E-state index is 0.505. The Morgan fingerprint density at radius 3 is 2.50 bits per heavy atom. The van der Waals surface area contributed by atoms with Crippen LogP contribution in [0.1, 0.15) is 59.8 Å². The Bertz CT molecular complexity index is 291. The van der Waals surface area contributed by atoms with Gasteiger partial charge in [-0.05, 0) is 43.6 Å². The molecule has 0 aromatic heterocycles. The van der Waals surface area contributed by atoms with Crippen LogP contribution < -0.4 is 5.32 Å². The maximum atomic E-state index is 5.37. The highest BCUT2D eigenvalue weighted by Crippen LogP contribution is 2.44. The SMILES string of the molecule is CCCNC1CCC(C(C)(C)CC)CC1SC1COC1. The van der Waals surface area contributed by atoms with Gasteiger partial charge in [-0.2, -0.15) is 0 Å². The van der Waals surface area contributed by atoms with Gasteiger partial charge in [-0.15, -0.1) is 11.8 Å². The molecule has 1 N–H and O–H groups in total. The maximum Gasteiger partial charge on any atom is 0.0608 e. The van der Waals surface area contributed by atoms with Crippen molar-refractivity contribution in [1.29, 1.82) is 0 Å². The van der Waals surface area contributed by atoms with Crippen molar-refractivity contribution >= 4 is 11.8 Å². The van der Waals surface area contributed by atoms with Crippen molar-refractivity contribution in [3.63, 3.8) is 0 Å². The van der Waals surface area contributed by atoms with Gasteiger partial charge < -0.3 is 10.1 Å². The Hall–Kier alpha value is 0.270. The maximum absolute atomic E-state index is 5.37. The molecule has 1 heterocycles. The molecule has 0 aromatic rings. The summed E-state index contributed by atoms with van der Waals surface area (Å²) < 4.78 is 5.37. The molecule has 3 atom stereocenters. The van der Waals surface area contributed by atoms with Crippen molar-refractivity contribution in [2.45, 2.75) is 76.3 Å². The largest absolute Gasteiger partial charge is 0.379 e. The molecule has 0 amide bonds. The van der Waals surface area contributed by atoms with Crippen LogP contribution >= 0.6 is 11.8 Å². The quantitative estimate of drug-likeness (QED) is 0.765. The van der Waals surface area contributed by atoms with Crippen molar-refractivity contribution in [3.05, 3.63) is 0 Å². The third-order valence-electron chi connectivity index (χ3n) is 5.44. The average molecular weight is 300 g/mol. The van der Waals surface area contributed by atoms with Crippen molar-refractivity contribution < 1.29 is 4.74 Å². The van der Waals surface area contributed by atoms with E-state index in [0.717, 1.165) is 35.7 Å². The first kappa shape index (κ1) is 16.6. The first-order valence-corrected chi connectivity index (χ1v) is 9.47.